The second kappa shape index (κ2) is 5.01. The largest absolute Gasteiger partial charge is 0.398 e. The molecular weight excluding hydrogens is 224 g/mol. The third kappa shape index (κ3) is 2.66. The number of nitrogen functional groups attached to an aromatic ring is 1. The molecule has 1 saturated carbocycles. The number of carbonyl (C=O) groups excluding carboxylic acids is 1. The first-order chi connectivity index (χ1) is 8.58. The lowest BCUT2D eigenvalue weighted by atomic mass is 10.00. The van der Waals surface area contributed by atoms with Gasteiger partial charge in [-0.25, -0.2) is 0 Å². The Balaban J connectivity index is 2.00. The lowest BCUT2D eigenvalue weighted by Crippen LogP contribution is -2.31. The monoisotopic (exact) mass is 246 g/mol. The van der Waals surface area contributed by atoms with E-state index < -0.39 is 0 Å². The van der Waals surface area contributed by atoms with E-state index in [0.717, 1.165) is 12.1 Å². The predicted molar refractivity (Wildman–Crippen MR) is 74.5 cm³/mol. The first-order valence-corrected chi connectivity index (χ1v) is 6.71. The van der Waals surface area contributed by atoms with Crippen LogP contribution in [-0.2, 0) is 0 Å². The maximum absolute atomic E-state index is 12.2. The molecule has 18 heavy (non-hydrogen) atoms. The molecule has 0 spiro atoms. The van der Waals surface area contributed by atoms with Crippen molar-refractivity contribution < 1.29 is 4.79 Å². The average Bonchev–Trinajstić information content (AvgIpc) is 3.07. The van der Waals surface area contributed by atoms with Crippen molar-refractivity contribution in [1.82, 2.24) is 5.32 Å². The molecule has 3 heteroatoms. The van der Waals surface area contributed by atoms with Crippen LogP contribution in [0.4, 0.5) is 5.69 Å². The van der Waals surface area contributed by atoms with Crippen LogP contribution in [0.3, 0.4) is 0 Å². The average molecular weight is 246 g/mol. The van der Waals surface area contributed by atoms with E-state index in [2.05, 4.69) is 12.2 Å². The van der Waals surface area contributed by atoms with Crippen molar-refractivity contribution in [3.8, 4) is 0 Å². The molecule has 3 nitrogen and oxygen atoms in total. The topological polar surface area (TPSA) is 55.1 Å². The molecule has 1 aliphatic rings. The van der Waals surface area contributed by atoms with Gasteiger partial charge in [0.1, 0.15) is 0 Å². The first kappa shape index (κ1) is 12.9. The third-order valence-electron chi connectivity index (χ3n) is 3.89. The molecule has 0 atom stereocenters. The summed E-state index contributed by atoms with van der Waals surface area (Å²) in [6, 6.07) is 5.58. The van der Waals surface area contributed by atoms with E-state index in [9.17, 15) is 4.79 Å². The van der Waals surface area contributed by atoms with Crippen LogP contribution in [-0.4, -0.2) is 12.5 Å². The number of hydrogen-bond acceptors (Lipinski definition) is 2. The smallest absolute Gasteiger partial charge is 0.253 e. The van der Waals surface area contributed by atoms with Gasteiger partial charge in [0.05, 0.1) is 5.56 Å². The number of hydrogen-bond donors (Lipinski definition) is 2. The highest BCUT2D eigenvalue weighted by molar-refractivity contribution is 6.00. The van der Waals surface area contributed by atoms with Gasteiger partial charge in [-0.05, 0) is 43.2 Å². The van der Waals surface area contributed by atoms with Crippen molar-refractivity contribution in [2.45, 2.75) is 39.5 Å². The summed E-state index contributed by atoms with van der Waals surface area (Å²) >= 11 is 0. The maximum atomic E-state index is 12.2. The molecule has 0 unspecified atom stereocenters. The summed E-state index contributed by atoms with van der Waals surface area (Å²) in [5.74, 6) is -0.0343. The Labute approximate surface area is 109 Å². The van der Waals surface area contributed by atoms with Crippen LogP contribution in [0, 0.1) is 12.3 Å². The highest BCUT2D eigenvalue weighted by atomic mass is 16.1. The minimum absolute atomic E-state index is 0.0343. The molecule has 0 aliphatic heterocycles. The molecule has 0 aromatic heterocycles. The molecule has 1 aromatic rings. The Hall–Kier alpha value is -1.51. The van der Waals surface area contributed by atoms with E-state index in [4.69, 9.17) is 5.73 Å². The fourth-order valence-corrected chi connectivity index (χ4v) is 2.58. The van der Waals surface area contributed by atoms with E-state index in [0.29, 0.717) is 16.7 Å². The molecule has 1 aliphatic carbocycles. The third-order valence-corrected chi connectivity index (χ3v) is 3.89. The molecule has 0 saturated heterocycles. The van der Waals surface area contributed by atoms with Crippen LogP contribution in [0.1, 0.15) is 48.5 Å². The molecule has 0 radical (unpaired) electrons. The number of amides is 1. The number of aryl methyl sites for hydroxylation is 1. The Bertz CT molecular complexity index is 430. The van der Waals surface area contributed by atoms with Gasteiger partial charge in [0.15, 0.2) is 0 Å². The van der Waals surface area contributed by atoms with Gasteiger partial charge >= 0.3 is 0 Å². The number of rotatable bonds is 5. The summed E-state index contributed by atoms with van der Waals surface area (Å²) in [5.41, 5.74) is 8.38. The van der Waals surface area contributed by atoms with Gasteiger partial charge in [-0.15, -0.1) is 0 Å². The van der Waals surface area contributed by atoms with E-state index in [1.54, 1.807) is 6.07 Å². The number of nitrogens with two attached hydrogens (primary N) is 1. The van der Waals surface area contributed by atoms with Crippen LogP contribution in [0.15, 0.2) is 18.2 Å². The van der Waals surface area contributed by atoms with Crippen LogP contribution in [0.25, 0.3) is 0 Å². The van der Waals surface area contributed by atoms with Crippen molar-refractivity contribution in [2.24, 2.45) is 5.41 Å². The summed E-state index contributed by atoms with van der Waals surface area (Å²) < 4.78 is 0. The Morgan fingerprint density at radius 1 is 1.44 bits per heavy atom. The summed E-state index contributed by atoms with van der Waals surface area (Å²) in [6.45, 7) is 4.90. The fourth-order valence-electron chi connectivity index (χ4n) is 2.58. The molecule has 1 aromatic carbocycles. The zero-order chi connectivity index (χ0) is 13.2. The van der Waals surface area contributed by atoms with Crippen molar-refractivity contribution >= 4 is 11.6 Å². The van der Waals surface area contributed by atoms with Gasteiger partial charge in [0.25, 0.3) is 5.91 Å². The highest BCUT2D eigenvalue weighted by Crippen LogP contribution is 2.48. The molecule has 1 fully saturated rings. The standard InChI is InChI=1S/C15H22N2O/c1-3-7-15(8-9-15)10-17-14(18)13-11(2)5-4-6-12(13)16/h4-6H,3,7-10,16H2,1-2H3,(H,17,18). The molecule has 3 N–H and O–H groups in total. The van der Waals surface area contributed by atoms with Crippen LogP contribution in [0.2, 0.25) is 0 Å². The highest BCUT2D eigenvalue weighted by Gasteiger charge is 2.41. The zero-order valence-electron chi connectivity index (χ0n) is 11.3. The zero-order valence-corrected chi connectivity index (χ0v) is 11.3. The van der Waals surface area contributed by atoms with Crippen molar-refractivity contribution in [2.75, 3.05) is 12.3 Å². The van der Waals surface area contributed by atoms with Gasteiger partial charge in [0, 0.05) is 12.2 Å². The summed E-state index contributed by atoms with van der Waals surface area (Å²) in [4.78, 5) is 12.2. The van der Waals surface area contributed by atoms with Gasteiger partial charge in [0.2, 0.25) is 0 Å². The minimum atomic E-state index is -0.0343. The van der Waals surface area contributed by atoms with Crippen molar-refractivity contribution in [1.29, 1.82) is 0 Å². The van der Waals surface area contributed by atoms with Gasteiger partial charge in [-0.3, -0.25) is 4.79 Å². The number of anilines is 1. The lowest BCUT2D eigenvalue weighted by molar-refractivity contribution is 0.0944. The second-order valence-electron chi connectivity index (χ2n) is 5.47. The number of benzene rings is 1. The molecule has 0 heterocycles. The maximum Gasteiger partial charge on any atom is 0.253 e. The van der Waals surface area contributed by atoms with Crippen LogP contribution < -0.4 is 11.1 Å². The summed E-state index contributed by atoms with van der Waals surface area (Å²) in [6.07, 6.45) is 4.87. The van der Waals surface area contributed by atoms with Gasteiger partial charge in [-0.1, -0.05) is 25.5 Å². The molecule has 2 rings (SSSR count). The summed E-state index contributed by atoms with van der Waals surface area (Å²) in [7, 11) is 0. The Kier molecular flexibility index (Phi) is 3.60. The Morgan fingerprint density at radius 3 is 2.72 bits per heavy atom. The minimum Gasteiger partial charge on any atom is -0.398 e. The van der Waals surface area contributed by atoms with Gasteiger partial charge < -0.3 is 11.1 Å². The Morgan fingerprint density at radius 2 is 2.17 bits per heavy atom. The number of carbonyl (C=O) groups is 1. The van der Waals surface area contributed by atoms with E-state index in [1.807, 2.05) is 19.1 Å². The normalized spacial score (nSPS) is 16.3. The first-order valence-electron chi connectivity index (χ1n) is 6.71. The predicted octanol–water partition coefficient (Wildman–Crippen LogP) is 2.89. The molecular formula is C15H22N2O. The fraction of sp³-hybridized carbons (Fsp3) is 0.533. The van der Waals surface area contributed by atoms with E-state index in [-0.39, 0.29) is 5.91 Å². The van der Waals surface area contributed by atoms with Crippen LogP contribution in [0.5, 0.6) is 0 Å². The number of nitrogens with one attached hydrogen (secondary N) is 1. The van der Waals surface area contributed by atoms with E-state index in [1.165, 1.54) is 25.7 Å². The quantitative estimate of drug-likeness (QED) is 0.785. The molecule has 98 valence electrons. The second-order valence-corrected chi connectivity index (χ2v) is 5.47. The SMILES string of the molecule is CCCC1(CNC(=O)c2c(C)cccc2N)CC1. The van der Waals surface area contributed by atoms with Gasteiger partial charge in [-0.2, -0.15) is 0 Å². The van der Waals surface area contributed by atoms with Crippen molar-refractivity contribution in [3.05, 3.63) is 29.3 Å². The van der Waals surface area contributed by atoms with E-state index >= 15 is 0 Å². The van der Waals surface area contributed by atoms with Crippen molar-refractivity contribution in [3.63, 3.8) is 0 Å². The summed E-state index contributed by atoms with van der Waals surface area (Å²) in [5, 5.41) is 3.05. The molecule has 1 amide bonds. The van der Waals surface area contributed by atoms with Crippen LogP contribution >= 0.6 is 0 Å². The lowest BCUT2D eigenvalue weighted by Gasteiger charge is -2.16. The molecule has 0 bridgehead atoms.